The van der Waals surface area contributed by atoms with Crippen LogP contribution in [0.3, 0.4) is 0 Å². The molecule has 0 spiro atoms. The molecule has 0 amide bonds. The third-order valence-corrected chi connectivity index (χ3v) is 4.12. The summed E-state index contributed by atoms with van der Waals surface area (Å²) in [5.74, 6) is 0.752. The van der Waals surface area contributed by atoms with E-state index in [1.807, 2.05) is 18.5 Å². The molecule has 1 heterocycles. The van der Waals surface area contributed by atoms with Crippen molar-refractivity contribution < 1.29 is 32.7 Å². The van der Waals surface area contributed by atoms with Crippen LogP contribution in [0.4, 0.5) is 0 Å². The second kappa shape index (κ2) is 6.25. The van der Waals surface area contributed by atoms with E-state index in [2.05, 4.69) is 37.9 Å². The van der Waals surface area contributed by atoms with Gasteiger partial charge in [-0.05, 0) is 41.4 Å². The van der Waals surface area contributed by atoms with Gasteiger partial charge >= 0.3 is 0 Å². The number of aromatic nitrogens is 1. The molecule has 0 bridgehead atoms. The molecular weight excluding hydrogens is 283 g/mol. The van der Waals surface area contributed by atoms with E-state index in [1.165, 1.54) is 30.4 Å². The van der Waals surface area contributed by atoms with Gasteiger partial charge in [0.2, 0.25) is 0 Å². The van der Waals surface area contributed by atoms with Gasteiger partial charge in [-0.2, -0.15) is 0 Å². The second-order valence-electron chi connectivity index (χ2n) is 5.16. The van der Waals surface area contributed by atoms with E-state index in [-0.39, 0.29) is 32.7 Å². The van der Waals surface area contributed by atoms with Crippen LogP contribution in [0, 0.1) is 11.3 Å². The number of pyridine rings is 1. The van der Waals surface area contributed by atoms with Crippen molar-refractivity contribution >= 4 is 5.57 Å². The maximum atomic E-state index is 4.24. The van der Waals surface area contributed by atoms with Gasteiger partial charge in [0.15, 0.2) is 0 Å². The van der Waals surface area contributed by atoms with Crippen LogP contribution < -0.4 is 0 Å². The molecule has 1 aromatic heterocycles. The van der Waals surface area contributed by atoms with Gasteiger partial charge in [-0.1, -0.05) is 39.3 Å². The summed E-state index contributed by atoms with van der Waals surface area (Å²) in [4.78, 5) is 4.24. The molecule has 2 rings (SSSR count). The van der Waals surface area contributed by atoms with E-state index in [9.17, 15) is 0 Å². The summed E-state index contributed by atoms with van der Waals surface area (Å²) >= 11 is 0. The molecule has 17 heavy (non-hydrogen) atoms. The maximum absolute atomic E-state index is 4.24. The molecule has 1 radical (unpaired) electrons. The SMILES string of the molecule is CCC[C@]1(C)C(c2cccnc2)=CCC1C.[Y]. The number of hydrogen-bond donors (Lipinski definition) is 0. The largest absolute Gasteiger partial charge is 0.264 e. The van der Waals surface area contributed by atoms with Crippen molar-refractivity contribution in [3.05, 3.63) is 36.2 Å². The van der Waals surface area contributed by atoms with E-state index in [0.29, 0.717) is 5.41 Å². The predicted octanol–water partition coefficient (Wildman–Crippen LogP) is 4.31. The van der Waals surface area contributed by atoms with Crippen molar-refractivity contribution in [1.82, 2.24) is 4.98 Å². The Morgan fingerprint density at radius 1 is 1.47 bits per heavy atom. The first kappa shape index (κ1) is 15.1. The minimum Gasteiger partial charge on any atom is -0.264 e. The Bertz CT molecular complexity index is 385. The van der Waals surface area contributed by atoms with Crippen molar-refractivity contribution in [2.24, 2.45) is 11.3 Å². The zero-order chi connectivity index (χ0) is 11.6. The molecule has 89 valence electrons. The fourth-order valence-corrected chi connectivity index (χ4v) is 2.92. The molecule has 1 aromatic rings. The Morgan fingerprint density at radius 2 is 2.24 bits per heavy atom. The smallest absolute Gasteiger partial charge is 0.0343 e. The first-order chi connectivity index (χ1) is 7.68. The van der Waals surface area contributed by atoms with Crippen LogP contribution in [0.1, 0.15) is 45.6 Å². The van der Waals surface area contributed by atoms with Gasteiger partial charge in [0.1, 0.15) is 0 Å². The van der Waals surface area contributed by atoms with Crippen LogP contribution in [0.15, 0.2) is 30.6 Å². The third kappa shape index (κ3) is 2.88. The van der Waals surface area contributed by atoms with Gasteiger partial charge < -0.3 is 0 Å². The number of rotatable bonds is 3. The van der Waals surface area contributed by atoms with Gasteiger partial charge in [-0.25, -0.2) is 0 Å². The van der Waals surface area contributed by atoms with Crippen molar-refractivity contribution in [2.75, 3.05) is 0 Å². The number of nitrogens with zero attached hydrogens (tertiary/aromatic N) is 1. The maximum Gasteiger partial charge on any atom is 0.0343 e. The average molecular weight is 304 g/mol. The van der Waals surface area contributed by atoms with Gasteiger partial charge in [0.05, 0.1) is 0 Å². The summed E-state index contributed by atoms with van der Waals surface area (Å²) < 4.78 is 0. The molecule has 0 saturated heterocycles. The molecule has 1 unspecified atom stereocenters. The number of allylic oxidation sites excluding steroid dienone is 2. The predicted molar refractivity (Wildman–Crippen MR) is 69.0 cm³/mol. The Balaban J connectivity index is 0.00000144. The Kier molecular flexibility index (Phi) is 5.53. The first-order valence-corrected chi connectivity index (χ1v) is 6.29. The van der Waals surface area contributed by atoms with Crippen LogP contribution in [0.2, 0.25) is 0 Å². The molecule has 0 fully saturated rings. The van der Waals surface area contributed by atoms with Crippen LogP contribution in [0.25, 0.3) is 5.57 Å². The minimum absolute atomic E-state index is 0. The zero-order valence-electron chi connectivity index (χ0n) is 11.1. The Morgan fingerprint density at radius 3 is 2.82 bits per heavy atom. The minimum atomic E-state index is 0. The van der Waals surface area contributed by atoms with Crippen molar-refractivity contribution in [2.45, 2.75) is 40.0 Å². The monoisotopic (exact) mass is 304 g/mol. The normalized spacial score (nSPS) is 27.5. The van der Waals surface area contributed by atoms with E-state index in [4.69, 9.17) is 0 Å². The summed E-state index contributed by atoms with van der Waals surface area (Å²) in [7, 11) is 0. The quantitative estimate of drug-likeness (QED) is 0.811. The van der Waals surface area contributed by atoms with Gasteiger partial charge in [-0.15, -0.1) is 0 Å². The van der Waals surface area contributed by atoms with E-state index < -0.39 is 0 Å². The molecule has 0 N–H and O–H groups in total. The second-order valence-corrected chi connectivity index (χ2v) is 5.16. The summed E-state index contributed by atoms with van der Waals surface area (Å²) in [6, 6.07) is 4.22. The Labute approximate surface area is 130 Å². The molecule has 0 aliphatic heterocycles. The van der Waals surface area contributed by atoms with E-state index in [0.717, 1.165) is 5.92 Å². The zero-order valence-corrected chi connectivity index (χ0v) is 13.9. The van der Waals surface area contributed by atoms with E-state index >= 15 is 0 Å². The molecule has 0 aromatic carbocycles. The molecule has 0 saturated carbocycles. The summed E-state index contributed by atoms with van der Waals surface area (Å²) in [5, 5.41) is 0. The van der Waals surface area contributed by atoms with E-state index in [1.54, 1.807) is 0 Å². The summed E-state index contributed by atoms with van der Waals surface area (Å²) in [5.41, 5.74) is 3.16. The van der Waals surface area contributed by atoms with Gasteiger partial charge in [0.25, 0.3) is 0 Å². The van der Waals surface area contributed by atoms with Crippen LogP contribution in [-0.2, 0) is 32.7 Å². The van der Waals surface area contributed by atoms with Crippen molar-refractivity contribution in [3.8, 4) is 0 Å². The summed E-state index contributed by atoms with van der Waals surface area (Å²) in [6.07, 6.45) is 9.99. The van der Waals surface area contributed by atoms with Crippen LogP contribution in [0.5, 0.6) is 0 Å². The molecule has 2 heteroatoms. The molecule has 1 aliphatic carbocycles. The molecule has 2 atom stereocenters. The topological polar surface area (TPSA) is 12.9 Å². The van der Waals surface area contributed by atoms with Gasteiger partial charge in [-0.3, -0.25) is 4.98 Å². The van der Waals surface area contributed by atoms with Crippen molar-refractivity contribution in [3.63, 3.8) is 0 Å². The van der Waals surface area contributed by atoms with Crippen LogP contribution >= 0.6 is 0 Å². The van der Waals surface area contributed by atoms with Crippen molar-refractivity contribution in [1.29, 1.82) is 0 Å². The average Bonchev–Trinajstić information content (AvgIpc) is 2.58. The molecular formula is C15H21NY. The van der Waals surface area contributed by atoms with Gasteiger partial charge in [0, 0.05) is 45.1 Å². The fourth-order valence-electron chi connectivity index (χ4n) is 2.92. The number of hydrogen-bond acceptors (Lipinski definition) is 1. The third-order valence-electron chi connectivity index (χ3n) is 4.12. The Hall–Kier alpha value is -0.00610. The molecule has 1 nitrogen and oxygen atoms in total. The standard InChI is InChI=1S/C15H21N.Y/c1-4-9-15(3)12(2)7-8-14(15)13-6-5-10-16-11-13;/h5-6,8,10-12H,4,7,9H2,1-3H3;/t12?,15-;/m0./s1. The summed E-state index contributed by atoms with van der Waals surface area (Å²) in [6.45, 7) is 7.06. The fraction of sp³-hybridized carbons (Fsp3) is 0.533. The van der Waals surface area contributed by atoms with Crippen LogP contribution in [-0.4, -0.2) is 4.98 Å². The first-order valence-electron chi connectivity index (χ1n) is 6.29. The molecule has 1 aliphatic rings.